The van der Waals surface area contributed by atoms with Crippen LogP contribution in [0.5, 0.6) is 0 Å². The van der Waals surface area contributed by atoms with Gasteiger partial charge in [-0.1, -0.05) is 0 Å². The third-order valence-corrected chi connectivity index (χ3v) is 5.68. The van der Waals surface area contributed by atoms with E-state index in [1.807, 2.05) is 17.0 Å². The highest BCUT2D eigenvalue weighted by Gasteiger charge is 2.30. The molecule has 0 spiro atoms. The van der Waals surface area contributed by atoms with Crippen LogP contribution < -0.4 is 9.80 Å². The van der Waals surface area contributed by atoms with E-state index in [-0.39, 0.29) is 12.1 Å². The van der Waals surface area contributed by atoms with Crippen molar-refractivity contribution < 1.29 is 13.9 Å². The van der Waals surface area contributed by atoms with Crippen LogP contribution in [0, 0.1) is 11.6 Å². The zero-order chi connectivity index (χ0) is 19.3. The van der Waals surface area contributed by atoms with Gasteiger partial charge in [0.2, 0.25) is 0 Å². The first-order valence-electron chi connectivity index (χ1n) is 9.59. The molecule has 2 atom stereocenters. The van der Waals surface area contributed by atoms with Gasteiger partial charge >= 0.3 is 0 Å². The van der Waals surface area contributed by atoms with Crippen molar-refractivity contribution in [1.82, 2.24) is 14.6 Å². The number of aromatic nitrogens is 3. The number of aliphatic hydroxyl groups is 1. The third-order valence-electron chi connectivity index (χ3n) is 5.68. The number of anilines is 2. The molecule has 0 aliphatic carbocycles. The van der Waals surface area contributed by atoms with Gasteiger partial charge in [0.25, 0.3) is 0 Å². The second-order valence-corrected chi connectivity index (χ2v) is 7.48. The van der Waals surface area contributed by atoms with Gasteiger partial charge in [0.1, 0.15) is 17.5 Å². The van der Waals surface area contributed by atoms with E-state index in [0.717, 1.165) is 44.2 Å². The van der Waals surface area contributed by atoms with Gasteiger partial charge in [-0.15, -0.1) is 5.10 Å². The summed E-state index contributed by atoms with van der Waals surface area (Å²) in [7, 11) is 0. The largest absolute Gasteiger partial charge is 0.391 e. The number of fused-ring (bicyclic) bond motifs is 1. The maximum absolute atomic E-state index is 14.4. The fourth-order valence-electron chi connectivity index (χ4n) is 4.30. The number of imidazole rings is 1. The molecule has 0 saturated carbocycles. The smallest absolute Gasteiger partial charge is 0.156 e. The minimum Gasteiger partial charge on any atom is -0.391 e. The van der Waals surface area contributed by atoms with E-state index in [1.54, 1.807) is 10.7 Å². The number of hydrogen-bond acceptors (Lipinski definition) is 5. The summed E-state index contributed by atoms with van der Waals surface area (Å²) >= 11 is 0. The third kappa shape index (κ3) is 2.88. The lowest BCUT2D eigenvalue weighted by Gasteiger charge is -2.26. The van der Waals surface area contributed by atoms with E-state index >= 15 is 0 Å². The topological polar surface area (TPSA) is 56.9 Å². The molecule has 4 heterocycles. The Bertz CT molecular complexity index is 1020. The Labute approximate surface area is 161 Å². The molecule has 146 valence electrons. The first-order chi connectivity index (χ1) is 13.6. The summed E-state index contributed by atoms with van der Waals surface area (Å²) in [6, 6.07) is 7.12. The Morgan fingerprint density at radius 1 is 1.07 bits per heavy atom. The molecule has 0 amide bonds. The summed E-state index contributed by atoms with van der Waals surface area (Å²) in [6.45, 7) is 2.04. The summed E-state index contributed by atoms with van der Waals surface area (Å²) in [5.74, 6) is 0.712. The molecule has 0 bridgehead atoms. The lowest BCUT2D eigenvalue weighted by Crippen LogP contribution is -2.26. The minimum absolute atomic E-state index is 0.249. The Morgan fingerprint density at radius 2 is 1.96 bits per heavy atom. The Hall–Kier alpha value is -2.74. The molecule has 6 nitrogen and oxygen atoms in total. The Kier molecular flexibility index (Phi) is 4.16. The fourth-order valence-corrected chi connectivity index (χ4v) is 4.30. The highest BCUT2D eigenvalue weighted by Crippen LogP contribution is 2.37. The molecule has 8 heteroatoms. The Balaban J connectivity index is 1.52. The van der Waals surface area contributed by atoms with Crippen LogP contribution in [0.2, 0.25) is 0 Å². The van der Waals surface area contributed by atoms with Crippen LogP contribution in [-0.4, -0.2) is 45.4 Å². The van der Waals surface area contributed by atoms with Crippen LogP contribution in [0.1, 0.15) is 30.9 Å². The zero-order valence-corrected chi connectivity index (χ0v) is 15.3. The molecule has 1 aromatic carbocycles. The van der Waals surface area contributed by atoms with Crippen molar-refractivity contribution >= 4 is 17.3 Å². The number of hydrogen-bond donors (Lipinski definition) is 1. The maximum Gasteiger partial charge on any atom is 0.156 e. The average Bonchev–Trinajstić information content (AvgIpc) is 3.42. The molecule has 0 radical (unpaired) electrons. The van der Waals surface area contributed by atoms with Gasteiger partial charge in [-0.2, -0.15) is 4.52 Å². The lowest BCUT2D eigenvalue weighted by molar-refractivity contribution is 0.198. The second kappa shape index (κ2) is 6.70. The quantitative estimate of drug-likeness (QED) is 0.751. The van der Waals surface area contributed by atoms with Gasteiger partial charge in [-0.3, -0.25) is 0 Å². The van der Waals surface area contributed by atoms with Gasteiger partial charge in [0.15, 0.2) is 11.5 Å². The second-order valence-electron chi connectivity index (χ2n) is 7.48. The molecule has 2 fully saturated rings. The van der Waals surface area contributed by atoms with Crippen molar-refractivity contribution in [2.75, 3.05) is 29.4 Å². The molecule has 3 aromatic rings. The predicted octanol–water partition coefficient (Wildman–Crippen LogP) is 2.92. The molecule has 1 N–H and O–H groups in total. The summed E-state index contributed by atoms with van der Waals surface area (Å²) in [5.41, 5.74) is 1.08. The van der Waals surface area contributed by atoms with Gasteiger partial charge < -0.3 is 14.9 Å². The van der Waals surface area contributed by atoms with Crippen LogP contribution >= 0.6 is 0 Å². The first-order valence-corrected chi connectivity index (χ1v) is 9.59. The first kappa shape index (κ1) is 17.4. The summed E-state index contributed by atoms with van der Waals surface area (Å²) in [4.78, 5) is 8.50. The number of benzene rings is 1. The van der Waals surface area contributed by atoms with E-state index < -0.39 is 11.6 Å². The SMILES string of the molecule is O[C@@H]1CCN(c2cnc3ccc(N4CCC[C@@H]4c4cc(F)ccc4F)nn23)C1. The predicted molar refractivity (Wildman–Crippen MR) is 102 cm³/mol. The van der Waals surface area contributed by atoms with E-state index in [2.05, 4.69) is 9.88 Å². The van der Waals surface area contributed by atoms with Crippen molar-refractivity contribution in [3.8, 4) is 0 Å². The van der Waals surface area contributed by atoms with Gasteiger partial charge in [-0.25, -0.2) is 13.8 Å². The zero-order valence-electron chi connectivity index (χ0n) is 15.3. The van der Waals surface area contributed by atoms with Crippen LogP contribution in [-0.2, 0) is 0 Å². The van der Waals surface area contributed by atoms with Crippen LogP contribution in [0.3, 0.4) is 0 Å². The number of β-amino-alcohol motifs (C(OH)–C–C–N with tert-alkyl or cyclic N) is 1. The molecule has 28 heavy (non-hydrogen) atoms. The van der Waals surface area contributed by atoms with E-state index in [0.29, 0.717) is 23.6 Å². The average molecular weight is 385 g/mol. The summed E-state index contributed by atoms with van der Waals surface area (Å²) < 4.78 is 29.8. The molecule has 2 aliphatic heterocycles. The highest BCUT2D eigenvalue weighted by molar-refractivity contribution is 5.55. The van der Waals surface area contributed by atoms with Crippen LogP contribution in [0.4, 0.5) is 20.4 Å². The van der Waals surface area contributed by atoms with E-state index in [9.17, 15) is 13.9 Å². The maximum atomic E-state index is 14.4. The van der Waals surface area contributed by atoms with Crippen LogP contribution in [0.25, 0.3) is 5.65 Å². The molecular formula is C20H21F2N5O. The van der Waals surface area contributed by atoms with E-state index in [4.69, 9.17) is 5.10 Å². The molecule has 5 rings (SSSR count). The summed E-state index contributed by atoms with van der Waals surface area (Å²) in [6.07, 6.45) is 3.77. The standard InChI is InChI=1S/C20H21F2N5O/c21-13-3-4-16(22)15(10-13)17-2-1-8-26(17)19-6-5-18-23-11-20(27(18)24-19)25-9-7-14(28)12-25/h3-6,10-11,14,17,28H,1-2,7-9,12H2/t14-,17-/m1/s1. The van der Waals surface area contributed by atoms with E-state index in [1.165, 1.54) is 12.1 Å². The van der Waals surface area contributed by atoms with Crippen molar-refractivity contribution in [1.29, 1.82) is 0 Å². The lowest BCUT2D eigenvalue weighted by atomic mass is 10.0. The van der Waals surface area contributed by atoms with Crippen molar-refractivity contribution in [3.63, 3.8) is 0 Å². The summed E-state index contributed by atoms with van der Waals surface area (Å²) in [5, 5.41) is 14.6. The number of aliphatic hydroxyl groups excluding tert-OH is 1. The molecule has 2 aliphatic rings. The van der Waals surface area contributed by atoms with Crippen molar-refractivity contribution in [3.05, 3.63) is 53.7 Å². The molecule has 2 saturated heterocycles. The molecular weight excluding hydrogens is 364 g/mol. The monoisotopic (exact) mass is 385 g/mol. The minimum atomic E-state index is -0.434. The van der Waals surface area contributed by atoms with Gasteiger partial charge in [-0.05, 0) is 49.6 Å². The fraction of sp³-hybridized carbons (Fsp3) is 0.400. The van der Waals surface area contributed by atoms with Crippen molar-refractivity contribution in [2.24, 2.45) is 0 Å². The Morgan fingerprint density at radius 3 is 2.79 bits per heavy atom. The molecule has 0 unspecified atom stereocenters. The molecule has 2 aromatic heterocycles. The number of rotatable bonds is 3. The van der Waals surface area contributed by atoms with Crippen molar-refractivity contribution in [2.45, 2.75) is 31.4 Å². The van der Waals surface area contributed by atoms with Gasteiger partial charge in [0, 0.05) is 25.2 Å². The van der Waals surface area contributed by atoms with Gasteiger partial charge in [0.05, 0.1) is 18.3 Å². The number of nitrogens with zero attached hydrogens (tertiary/aromatic N) is 5. The number of halogens is 2. The van der Waals surface area contributed by atoms with Crippen LogP contribution in [0.15, 0.2) is 36.5 Å². The normalized spacial score (nSPS) is 22.5. The highest BCUT2D eigenvalue weighted by atomic mass is 19.1.